The molecular formula is C32H52O2. The van der Waals surface area contributed by atoms with Gasteiger partial charge >= 0.3 is 0 Å². The molecular weight excluding hydrogens is 416 g/mol. The van der Waals surface area contributed by atoms with Gasteiger partial charge in [-0.05, 0) is 91.7 Å². The van der Waals surface area contributed by atoms with Crippen molar-refractivity contribution in [3.63, 3.8) is 0 Å². The molecule has 0 radical (unpaired) electrons. The number of aliphatic hydroxyl groups is 1. The summed E-state index contributed by atoms with van der Waals surface area (Å²) in [5.41, 5.74) is 4.49. The van der Waals surface area contributed by atoms with E-state index in [9.17, 15) is 9.90 Å². The van der Waals surface area contributed by atoms with E-state index in [1.54, 1.807) is 5.56 Å². The van der Waals surface area contributed by atoms with Crippen molar-refractivity contribution in [2.75, 3.05) is 0 Å². The minimum absolute atomic E-state index is 0.0913. The third-order valence-electron chi connectivity index (χ3n) is 9.26. The van der Waals surface area contributed by atoms with Crippen molar-refractivity contribution in [2.24, 2.45) is 23.7 Å². The molecule has 1 aromatic rings. The van der Waals surface area contributed by atoms with Gasteiger partial charge < -0.3 is 9.90 Å². The molecule has 0 amide bonds. The van der Waals surface area contributed by atoms with E-state index in [-0.39, 0.29) is 6.10 Å². The maximum Gasteiger partial charge on any atom is 0.120 e. The first-order valence-corrected chi connectivity index (χ1v) is 14.9. The highest BCUT2D eigenvalue weighted by molar-refractivity contribution is 5.51. The lowest BCUT2D eigenvalue weighted by Gasteiger charge is -2.33. The topological polar surface area (TPSA) is 37.3 Å². The molecule has 3 aliphatic carbocycles. The lowest BCUT2D eigenvalue weighted by Crippen LogP contribution is -2.26. The van der Waals surface area contributed by atoms with E-state index in [0.29, 0.717) is 6.42 Å². The van der Waals surface area contributed by atoms with Gasteiger partial charge in [0.2, 0.25) is 0 Å². The van der Waals surface area contributed by atoms with Crippen LogP contribution < -0.4 is 0 Å². The average Bonchev–Trinajstić information content (AvgIpc) is 3.27. The molecule has 2 heteroatoms. The second-order valence-corrected chi connectivity index (χ2v) is 11.6. The van der Waals surface area contributed by atoms with Crippen LogP contribution in [0.4, 0.5) is 0 Å². The summed E-state index contributed by atoms with van der Waals surface area (Å²) in [4.78, 5) is 10.8. The van der Waals surface area contributed by atoms with Crippen molar-refractivity contribution in [1.29, 1.82) is 0 Å². The van der Waals surface area contributed by atoms with E-state index in [2.05, 4.69) is 32.0 Å². The molecule has 0 aliphatic heterocycles. The molecule has 0 aromatic heterocycles. The van der Waals surface area contributed by atoms with Crippen LogP contribution in [0.3, 0.4) is 0 Å². The van der Waals surface area contributed by atoms with Crippen LogP contribution in [0.15, 0.2) is 18.2 Å². The summed E-state index contributed by atoms with van der Waals surface area (Å²) in [5.74, 6) is 3.52. The summed E-state index contributed by atoms with van der Waals surface area (Å²) in [6.45, 7) is 4.53. The molecule has 1 N–H and O–H groups in total. The van der Waals surface area contributed by atoms with Crippen LogP contribution in [0.5, 0.6) is 0 Å². The van der Waals surface area contributed by atoms with Gasteiger partial charge in [0.1, 0.15) is 6.29 Å². The van der Waals surface area contributed by atoms with Crippen molar-refractivity contribution in [2.45, 2.75) is 136 Å². The van der Waals surface area contributed by atoms with Crippen LogP contribution in [0.1, 0.15) is 127 Å². The van der Waals surface area contributed by atoms with E-state index in [0.717, 1.165) is 49.2 Å². The number of aliphatic hydroxyl groups excluding tert-OH is 1. The number of carbonyl (C=O) groups is 1. The SMILES string of the molecule is CCC1CCCCC1.CCCCCC(O)CCC1CCC2Cc3c(CCC=O)cccc3CC12. The predicted octanol–water partition coefficient (Wildman–Crippen LogP) is 8.26. The standard InChI is InChI=1S/C24H36O2.C8H16/c1-2-3-4-10-22(26)14-13-19-11-12-21-17-23-18(9-6-15-25)7-5-8-20(23)16-24(19)21;1-2-8-6-4-3-5-7-8/h5,7-8,15,19,21-22,24,26H,2-4,6,9-14,16-17H2,1H3;8H,2-7H2,1H3. The minimum Gasteiger partial charge on any atom is -0.393 e. The van der Waals surface area contributed by atoms with Crippen molar-refractivity contribution in [3.8, 4) is 0 Å². The fourth-order valence-electron chi connectivity index (χ4n) is 7.07. The number of benzene rings is 1. The van der Waals surface area contributed by atoms with Crippen molar-refractivity contribution < 1.29 is 9.90 Å². The van der Waals surface area contributed by atoms with E-state index in [4.69, 9.17) is 0 Å². The first kappa shape index (κ1) is 27.4. The van der Waals surface area contributed by atoms with E-state index >= 15 is 0 Å². The van der Waals surface area contributed by atoms with E-state index in [1.807, 2.05) is 0 Å². The predicted molar refractivity (Wildman–Crippen MR) is 144 cm³/mol. The van der Waals surface area contributed by atoms with Crippen molar-refractivity contribution >= 4 is 6.29 Å². The van der Waals surface area contributed by atoms with Gasteiger partial charge in [-0.3, -0.25) is 0 Å². The molecule has 0 saturated heterocycles. The van der Waals surface area contributed by atoms with Crippen LogP contribution in [0.25, 0.3) is 0 Å². The Hall–Kier alpha value is -1.15. The number of rotatable bonds is 11. The van der Waals surface area contributed by atoms with Gasteiger partial charge in [0.25, 0.3) is 0 Å². The number of carbonyl (C=O) groups excluding carboxylic acids is 1. The minimum atomic E-state index is -0.0913. The van der Waals surface area contributed by atoms with Crippen molar-refractivity contribution in [3.05, 3.63) is 34.9 Å². The van der Waals surface area contributed by atoms with Gasteiger partial charge in [0, 0.05) is 6.42 Å². The largest absolute Gasteiger partial charge is 0.393 e. The molecule has 2 nitrogen and oxygen atoms in total. The lowest BCUT2D eigenvalue weighted by molar-refractivity contribution is -0.107. The van der Waals surface area contributed by atoms with E-state index < -0.39 is 0 Å². The first-order valence-electron chi connectivity index (χ1n) is 14.9. The van der Waals surface area contributed by atoms with Gasteiger partial charge in [-0.1, -0.05) is 89.8 Å². The average molecular weight is 469 g/mol. The molecule has 1 aromatic carbocycles. The zero-order valence-electron chi connectivity index (χ0n) is 22.3. The fourth-order valence-corrected chi connectivity index (χ4v) is 7.07. The number of aldehydes is 1. The summed E-state index contributed by atoms with van der Waals surface area (Å²) in [7, 11) is 0. The Kier molecular flexibility index (Phi) is 12.2. The Bertz CT molecular complexity index is 705. The number of unbranched alkanes of at least 4 members (excludes halogenated alkanes) is 2. The molecule has 0 bridgehead atoms. The fraction of sp³-hybridized carbons (Fsp3) is 0.781. The van der Waals surface area contributed by atoms with E-state index in [1.165, 1.54) is 101 Å². The second kappa shape index (κ2) is 15.1. The Morgan fingerprint density at radius 3 is 2.53 bits per heavy atom. The normalized spacial score (nSPS) is 25.1. The molecule has 4 atom stereocenters. The zero-order valence-corrected chi connectivity index (χ0v) is 22.3. The molecule has 0 heterocycles. The zero-order chi connectivity index (χ0) is 24.2. The number of hydrogen-bond donors (Lipinski definition) is 1. The summed E-state index contributed by atoms with van der Waals surface area (Å²) in [5, 5.41) is 10.3. The highest BCUT2D eigenvalue weighted by Gasteiger charge is 2.39. The van der Waals surface area contributed by atoms with Gasteiger partial charge in [-0.25, -0.2) is 0 Å². The number of aryl methyl sites for hydroxylation is 1. The first-order chi connectivity index (χ1) is 16.7. The summed E-state index contributed by atoms with van der Waals surface area (Å²) < 4.78 is 0. The quantitative estimate of drug-likeness (QED) is 0.262. The number of hydrogen-bond acceptors (Lipinski definition) is 2. The van der Waals surface area contributed by atoms with Crippen LogP contribution in [-0.2, 0) is 24.1 Å². The van der Waals surface area contributed by atoms with Gasteiger partial charge in [-0.2, -0.15) is 0 Å². The number of fused-ring (bicyclic) bond motifs is 2. The van der Waals surface area contributed by atoms with Gasteiger partial charge in [0.05, 0.1) is 6.10 Å². The summed E-state index contributed by atoms with van der Waals surface area (Å²) in [6, 6.07) is 6.72. The Labute approximate surface area is 210 Å². The maximum atomic E-state index is 10.8. The van der Waals surface area contributed by atoms with Crippen LogP contribution in [-0.4, -0.2) is 17.5 Å². The van der Waals surface area contributed by atoms with Gasteiger partial charge in [0.15, 0.2) is 0 Å². The molecule has 3 aliphatic rings. The highest BCUT2D eigenvalue weighted by Crippen LogP contribution is 2.47. The maximum absolute atomic E-state index is 10.8. The Morgan fingerprint density at radius 1 is 1.00 bits per heavy atom. The highest BCUT2D eigenvalue weighted by atomic mass is 16.3. The monoisotopic (exact) mass is 468 g/mol. The smallest absolute Gasteiger partial charge is 0.120 e. The molecule has 4 unspecified atom stereocenters. The Balaban J connectivity index is 0.000000343. The molecule has 192 valence electrons. The van der Waals surface area contributed by atoms with Crippen LogP contribution >= 0.6 is 0 Å². The summed E-state index contributed by atoms with van der Waals surface area (Å²) >= 11 is 0. The summed E-state index contributed by atoms with van der Waals surface area (Å²) in [6.07, 6.45) is 23.4. The molecule has 34 heavy (non-hydrogen) atoms. The molecule has 2 fully saturated rings. The third kappa shape index (κ3) is 8.21. The Morgan fingerprint density at radius 2 is 1.82 bits per heavy atom. The third-order valence-corrected chi connectivity index (χ3v) is 9.26. The lowest BCUT2D eigenvalue weighted by atomic mass is 9.72. The van der Waals surface area contributed by atoms with Crippen LogP contribution in [0.2, 0.25) is 0 Å². The second-order valence-electron chi connectivity index (χ2n) is 11.6. The van der Waals surface area contributed by atoms with Crippen LogP contribution in [0, 0.1) is 23.7 Å². The molecule has 2 saturated carbocycles. The van der Waals surface area contributed by atoms with Crippen molar-refractivity contribution in [1.82, 2.24) is 0 Å². The molecule has 4 rings (SSSR count). The van der Waals surface area contributed by atoms with Gasteiger partial charge in [-0.15, -0.1) is 0 Å². The molecule has 0 spiro atoms.